The fraction of sp³-hybridized carbons (Fsp3) is 0.310. The minimum absolute atomic E-state index is 0.00502. The van der Waals surface area contributed by atoms with Crippen LogP contribution in [0.5, 0.6) is 0 Å². The highest BCUT2D eigenvalue weighted by Gasteiger charge is 2.53. The molecule has 1 saturated heterocycles. The Morgan fingerprint density at radius 2 is 2.04 bits per heavy atom. The van der Waals surface area contributed by atoms with Crippen LogP contribution in [0.3, 0.4) is 0 Å². The molecule has 250 valence electrons. The molecule has 4 aromatic rings. The lowest BCUT2D eigenvalue weighted by Gasteiger charge is -2.50. The maximum absolute atomic E-state index is 13.4. The molecule has 0 bridgehead atoms. The smallest absolute Gasteiger partial charge is 0.350 e. The number of aliphatic carboxylic acids is 2. The van der Waals surface area contributed by atoms with Crippen LogP contribution in [0.2, 0.25) is 0 Å². The van der Waals surface area contributed by atoms with Gasteiger partial charge < -0.3 is 31.3 Å². The van der Waals surface area contributed by atoms with Gasteiger partial charge in [0.2, 0.25) is 11.5 Å². The number of carbonyl (C=O) groups is 4. The monoisotopic (exact) mass is 711 g/mol. The molecular formula is C29H29N9O7S3. The number of Topliss-reactive ketones (excluding diaryl/α,β-unsaturated/α-hetero) is 1. The molecule has 16 nitrogen and oxygen atoms in total. The number of aromatic nitrogens is 4. The van der Waals surface area contributed by atoms with Crippen LogP contribution >= 0.6 is 34.4 Å². The number of amidine groups is 1. The number of amides is 1. The third-order valence-corrected chi connectivity index (χ3v) is 10.9. The van der Waals surface area contributed by atoms with Crippen molar-refractivity contribution in [2.75, 3.05) is 11.5 Å². The van der Waals surface area contributed by atoms with Crippen LogP contribution in [-0.2, 0) is 37.1 Å². The van der Waals surface area contributed by atoms with E-state index in [1.165, 1.54) is 47.2 Å². The molecule has 6 N–H and O–H groups in total. The summed E-state index contributed by atoms with van der Waals surface area (Å²) in [6.45, 7) is 3.24. The number of carboxylic acid groups (broad SMARTS) is 2. The molecule has 0 saturated carbocycles. The van der Waals surface area contributed by atoms with Gasteiger partial charge in [-0.15, -0.1) is 39.0 Å². The third-order valence-electron chi connectivity index (χ3n) is 7.90. The number of thioether (sulfide) groups is 1. The number of thiazole rings is 1. The summed E-state index contributed by atoms with van der Waals surface area (Å²) in [4.78, 5) is 62.2. The Morgan fingerprint density at radius 1 is 1.27 bits per heavy atom. The number of hydrogen-bond donors (Lipinski definition) is 4. The number of nitrogens with zero attached hydrogens (tertiary/aromatic N) is 6. The zero-order chi connectivity index (χ0) is 34.5. The first-order valence-corrected chi connectivity index (χ1v) is 17.2. The largest absolute Gasteiger partial charge is 0.543 e. The highest BCUT2D eigenvalue weighted by atomic mass is 32.2. The van der Waals surface area contributed by atoms with Crippen LogP contribution in [0.25, 0.3) is 5.65 Å². The summed E-state index contributed by atoms with van der Waals surface area (Å²) in [5.74, 6) is -4.59. The lowest BCUT2D eigenvalue weighted by Crippen LogP contribution is -2.63. The predicted molar refractivity (Wildman–Crippen MR) is 174 cm³/mol. The molecular weight excluding hydrogens is 683 g/mol. The summed E-state index contributed by atoms with van der Waals surface area (Å²) in [5, 5.41) is 36.0. The van der Waals surface area contributed by atoms with Crippen LogP contribution in [-0.4, -0.2) is 76.1 Å². The number of oxime groups is 1. The number of anilines is 1. The number of fused-ring (bicyclic) bond motifs is 2. The van der Waals surface area contributed by atoms with Crippen molar-refractivity contribution in [1.29, 1.82) is 5.41 Å². The second-order valence-electron chi connectivity index (χ2n) is 11.6. The van der Waals surface area contributed by atoms with Crippen LogP contribution in [0.4, 0.5) is 5.13 Å². The van der Waals surface area contributed by atoms with E-state index < -0.39 is 40.5 Å². The number of hydrogen-bond acceptors (Lipinski definition) is 13. The minimum atomic E-state index is -1.75. The summed E-state index contributed by atoms with van der Waals surface area (Å²) < 4.78 is 5.71. The Kier molecular flexibility index (Phi) is 8.60. The minimum Gasteiger partial charge on any atom is -0.543 e. The van der Waals surface area contributed by atoms with Gasteiger partial charge in [-0.25, -0.2) is 19.0 Å². The predicted octanol–water partition coefficient (Wildman–Crippen LogP) is 0.239. The van der Waals surface area contributed by atoms with E-state index >= 15 is 0 Å². The van der Waals surface area contributed by atoms with Gasteiger partial charge in [0.25, 0.3) is 0 Å². The normalized spacial score (nSPS) is 18.2. The zero-order valence-corrected chi connectivity index (χ0v) is 27.9. The Balaban J connectivity index is 1.20. The highest BCUT2D eigenvalue weighted by molar-refractivity contribution is 8.00. The van der Waals surface area contributed by atoms with E-state index in [1.54, 1.807) is 0 Å². The van der Waals surface area contributed by atoms with Crippen LogP contribution in [0, 0.1) is 11.3 Å². The van der Waals surface area contributed by atoms with Gasteiger partial charge in [0.1, 0.15) is 24.3 Å². The Bertz CT molecular complexity index is 2050. The van der Waals surface area contributed by atoms with E-state index in [-0.39, 0.29) is 46.8 Å². The van der Waals surface area contributed by atoms with E-state index in [0.29, 0.717) is 17.7 Å². The average Bonchev–Trinajstić information content (AvgIpc) is 3.83. The number of nitrogens with one attached hydrogen (secondary N) is 1. The molecule has 6 rings (SSSR count). The van der Waals surface area contributed by atoms with Crippen molar-refractivity contribution in [2.24, 2.45) is 16.8 Å². The number of β-lactam (4-membered cyclic amide) rings is 1. The number of imidazole rings is 1. The van der Waals surface area contributed by atoms with Gasteiger partial charge in [0.05, 0.1) is 41.8 Å². The van der Waals surface area contributed by atoms with Gasteiger partial charge in [0.15, 0.2) is 22.8 Å². The van der Waals surface area contributed by atoms with Gasteiger partial charge in [-0.05, 0) is 25.5 Å². The molecule has 1 fully saturated rings. The maximum Gasteiger partial charge on any atom is 0.350 e. The van der Waals surface area contributed by atoms with Gasteiger partial charge in [0, 0.05) is 33.4 Å². The van der Waals surface area contributed by atoms with Crippen molar-refractivity contribution in [3.63, 3.8) is 0 Å². The van der Waals surface area contributed by atoms with Crippen molar-refractivity contribution in [1.82, 2.24) is 19.1 Å². The van der Waals surface area contributed by atoms with Gasteiger partial charge in [-0.2, -0.15) is 0 Å². The number of thiophene rings is 1. The van der Waals surface area contributed by atoms with E-state index in [4.69, 9.17) is 21.7 Å². The number of nitrogens with two attached hydrogens (primary N) is 2. The molecule has 0 aliphatic carbocycles. The fourth-order valence-corrected chi connectivity index (χ4v) is 8.17. The zero-order valence-electron chi connectivity index (χ0n) is 25.5. The SMILES string of the molecule is CC(C)(O/N=C(\C(=O)C[C@@H]1C(=O)N2C(C(=O)[O-])=C(Cn3ccc4n3cc[n+]4Cc3cc(C(=N)N)cs3)CS[C@H]12)c1csc(N)n1)C(=O)O. The summed E-state index contributed by atoms with van der Waals surface area (Å²) in [6.07, 6.45) is 5.22. The second-order valence-corrected chi connectivity index (χ2v) is 14.5. The Morgan fingerprint density at radius 3 is 2.69 bits per heavy atom. The van der Waals surface area contributed by atoms with Crippen molar-refractivity contribution in [3.8, 4) is 0 Å². The third kappa shape index (κ3) is 6.06. The van der Waals surface area contributed by atoms with E-state index in [1.807, 2.05) is 49.9 Å². The lowest BCUT2D eigenvalue weighted by molar-refractivity contribution is -0.661. The van der Waals surface area contributed by atoms with Crippen molar-refractivity contribution >= 4 is 80.4 Å². The maximum atomic E-state index is 13.4. The summed E-state index contributed by atoms with van der Waals surface area (Å²) in [6, 6.07) is 3.76. The molecule has 2 aliphatic heterocycles. The number of ketones is 1. The van der Waals surface area contributed by atoms with Crippen LogP contribution in [0.15, 0.2) is 57.9 Å². The van der Waals surface area contributed by atoms with Gasteiger partial charge in [-0.1, -0.05) is 5.16 Å². The van der Waals surface area contributed by atoms with Gasteiger partial charge in [-0.3, -0.25) is 19.9 Å². The molecule has 0 radical (unpaired) electrons. The van der Waals surface area contributed by atoms with Crippen molar-refractivity contribution < 1.29 is 38.8 Å². The summed E-state index contributed by atoms with van der Waals surface area (Å²) >= 11 is 3.88. The summed E-state index contributed by atoms with van der Waals surface area (Å²) in [5.41, 5.74) is 11.1. The lowest BCUT2D eigenvalue weighted by atomic mass is 9.89. The molecule has 0 unspecified atom stereocenters. The van der Waals surface area contributed by atoms with Crippen molar-refractivity contribution in [3.05, 3.63) is 68.9 Å². The topological polar surface area (TPSA) is 238 Å². The number of carbonyl (C=O) groups excluding carboxylic acids is 3. The molecule has 0 aromatic carbocycles. The summed E-state index contributed by atoms with van der Waals surface area (Å²) in [7, 11) is 0. The van der Waals surface area contributed by atoms with Gasteiger partial charge >= 0.3 is 11.6 Å². The number of rotatable bonds is 13. The molecule has 4 aromatic heterocycles. The van der Waals surface area contributed by atoms with E-state index in [2.05, 4.69) is 10.1 Å². The molecule has 0 spiro atoms. The Labute approximate surface area is 284 Å². The highest BCUT2D eigenvalue weighted by Crippen LogP contribution is 2.45. The number of nitrogen functional groups attached to an aromatic ring is 2. The first-order valence-electron chi connectivity index (χ1n) is 14.3. The molecule has 48 heavy (non-hydrogen) atoms. The first kappa shape index (κ1) is 32.9. The average molecular weight is 712 g/mol. The Hall–Kier alpha value is -5.01. The van der Waals surface area contributed by atoms with Crippen molar-refractivity contribution in [2.45, 2.75) is 44.3 Å². The molecule has 1 amide bonds. The molecule has 2 aliphatic rings. The van der Waals surface area contributed by atoms with Crippen LogP contribution in [0.1, 0.15) is 36.4 Å². The van der Waals surface area contributed by atoms with E-state index in [0.717, 1.165) is 21.9 Å². The first-order chi connectivity index (χ1) is 22.7. The quantitative estimate of drug-likeness (QED) is 0.0482. The fourth-order valence-electron chi connectivity index (χ4n) is 5.33. The number of carboxylic acids is 2. The molecule has 2 atom stereocenters. The molecule has 19 heteroatoms. The second kappa shape index (κ2) is 12.5. The molecule has 6 heterocycles. The standard InChI is InChI=1S/C29H29N9O7S3/c1-29(2,27(43)44)45-34-21(18-13-48-28(32)33-18)19(39)8-17-24(40)38-22(26(41)42)15(12-47-25(17)38)9-36-4-3-20-35(5-6-37(20)36)10-16-7-14(11-46-16)23(30)31/h3-7,11,13,17,25H,8-10,12H2,1-2H3,(H6-,30,31,32,33,41,42,43,44)/b34-21-/t17-,25-/m1/s1. The van der Waals surface area contributed by atoms with Crippen LogP contribution < -0.4 is 21.1 Å². The van der Waals surface area contributed by atoms with E-state index in [9.17, 15) is 29.4 Å².